The van der Waals surface area contributed by atoms with E-state index in [1.807, 2.05) is 12.3 Å². The molecule has 0 aliphatic carbocycles. The number of rotatable bonds is 3. The topological polar surface area (TPSA) is 70.6 Å². The summed E-state index contributed by atoms with van der Waals surface area (Å²) in [5.41, 5.74) is 3.54. The zero-order chi connectivity index (χ0) is 16.8. The summed E-state index contributed by atoms with van der Waals surface area (Å²) in [6.07, 6.45) is 1.04. The number of hydrogen-bond donors (Lipinski definition) is 2. The minimum Gasteiger partial charge on any atom is -0.318 e. The second-order valence-corrected chi connectivity index (χ2v) is 5.06. The van der Waals surface area contributed by atoms with Crippen LogP contribution in [-0.2, 0) is 9.59 Å². The number of halogens is 2. The van der Waals surface area contributed by atoms with E-state index < -0.39 is 17.6 Å². The maximum Gasteiger partial charge on any atom is 0.329 e. The normalized spacial score (nSPS) is 10.6. The fourth-order valence-corrected chi connectivity index (χ4v) is 1.88. The van der Waals surface area contributed by atoms with Gasteiger partial charge < -0.3 is 5.32 Å². The van der Waals surface area contributed by atoms with Crippen LogP contribution in [0, 0.1) is 12.7 Å². The van der Waals surface area contributed by atoms with Crippen LogP contribution in [0.1, 0.15) is 11.1 Å². The van der Waals surface area contributed by atoms with Crippen molar-refractivity contribution < 1.29 is 14.0 Å². The van der Waals surface area contributed by atoms with Gasteiger partial charge in [-0.05, 0) is 31.2 Å². The Morgan fingerprint density at radius 1 is 1.13 bits per heavy atom. The molecule has 2 rings (SSSR count). The van der Waals surface area contributed by atoms with E-state index in [0.717, 1.165) is 11.8 Å². The second-order valence-electron chi connectivity index (χ2n) is 4.65. The minimum absolute atomic E-state index is 0.0217. The van der Waals surface area contributed by atoms with Crippen molar-refractivity contribution in [2.75, 3.05) is 5.32 Å². The van der Waals surface area contributed by atoms with Gasteiger partial charge in [0.1, 0.15) is 5.82 Å². The molecule has 0 aromatic heterocycles. The number of nitrogens with one attached hydrogen (secondary N) is 2. The van der Waals surface area contributed by atoms with Crippen molar-refractivity contribution in [1.82, 2.24) is 5.43 Å². The van der Waals surface area contributed by atoms with Gasteiger partial charge >= 0.3 is 11.8 Å². The number of anilines is 1. The van der Waals surface area contributed by atoms with Gasteiger partial charge in [-0.15, -0.1) is 0 Å². The molecule has 23 heavy (non-hydrogen) atoms. The van der Waals surface area contributed by atoms with Crippen LogP contribution >= 0.6 is 11.6 Å². The molecule has 0 bridgehead atoms. The molecule has 2 amide bonds. The monoisotopic (exact) mass is 333 g/mol. The van der Waals surface area contributed by atoms with Gasteiger partial charge in [-0.2, -0.15) is 5.10 Å². The summed E-state index contributed by atoms with van der Waals surface area (Å²) in [7, 11) is 0. The van der Waals surface area contributed by atoms with E-state index in [9.17, 15) is 14.0 Å². The highest BCUT2D eigenvalue weighted by Crippen LogP contribution is 2.16. The second kappa shape index (κ2) is 7.51. The van der Waals surface area contributed by atoms with E-state index in [-0.39, 0.29) is 10.6 Å². The van der Waals surface area contributed by atoms with Crippen LogP contribution in [0.2, 0.25) is 5.02 Å². The summed E-state index contributed by atoms with van der Waals surface area (Å²) in [6.45, 7) is 1.90. The van der Waals surface area contributed by atoms with Crippen molar-refractivity contribution in [3.63, 3.8) is 0 Å². The largest absolute Gasteiger partial charge is 0.329 e. The predicted molar refractivity (Wildman–Crippen MR) is 87.0 cm³/mol. The number of nitrogens with zero attached hydrogens (tertiary/aromatic N) is 1. The maximum atomic E-state index is 13.5. The summed E-state index contributed by atoms with van der Waals surface area (Å²) in [5.74, 6) is -2.44. The first kappa shape index (κ1) is 16.6. The molecule has 118 valence electrons. The third-order valence-corrected chi connectivity index (χ3v) is 3.20. The van der Waals surface area contributed by atoms with Gasteiger partial charge in [0.05, 0.1) is 11.2 Å². The molecular formula is C16H13ClFN3O2. The molecule has 5 nitrogen and oxygen atoms in total. The van der Waals surface area contributed by atoms with Crippen molar-refractivity contribution in [1.29, 1.82) is 0 Å². The molecule has 0 fully saturated rings. The highest BCUT2D eigenvalue weighted by Gasteiger charge is 2.13. The van der Waals surface area contributed by atoms with Gasteiger partial charge in [0, 0.05) is 11.3 Å². The third kappa shape index (κ3) is 4.62. The van der Waals surface area contributed by atoms with E-state index in [1.54, 1.807) is 24.3 Å². The number of carbonyl (C=O) groups excluding carboxylic acids is 2. The lowest BCUT2D eigenvalue weighted by Gasteiger charge is -2.04. The van der Waals surface area contributed by atoms with Crippen molar-refractivity contribution >= 4 is 35.3 Å². The smallest absolute Gasteiger partial charge is 0.318 e. The third-order valence-electron chi connectivity index (χ3n) is 2.88. The van der Waals surface area contributed by atoms with E-state index in [2.05, 4.69) is 10.4 Å². The van der Waals surface area contributed by atoms with Crippen LogP contribution in [-0.4, -0.2) is 18.0 Å². The van der Waals surface area contributed by atoms with Crippen LogP contribution in [0.25, 0.3) is 0 Å². The van der Waals surface area contributed by atoms with Crippen molar-refractivity contribution in [2.24, 2.45) is 5.10 Å². The minimum atomic E-state index is -0.978. The Morgan fingerprint density at radius 2 is 1.83 bits per heavy atom. The van der Waals surface area contributed by atoms with Gasteiger partial charge in [0.25, 0.3) is 0 Å². The summed E-state index contributed by atoms with van der Waals surface area (Å²) in [5, 5.41) is 6.09. The number of benzene rings is 2. The summed E-state index contributed by atoms with van der Waals surface area (Å²) >= 11 is 5.80. The Balaban J connectivity index is 1.95. The Hall–Kier alpha value is -2.73. The average molecular weight is 334 g/mol. The van der Waals surface area contributed by atoms with Crippen LogP contribution in [0.5, 0.6) is 0 Å². The lowest BCUT2D eigenvalue weighted by atomic mass is 10.2. The molecule has 0 unspecified atom stereocenters. The Kier molecular flexibility index (Phi) is 5.43. The molecule has 0 heterocycles. The number of aryl methyl sites for hydroxylation is 1. The van der Waals surface area contributed by atoms with Crippen molar-refractivity contribution in [3.8, 4) is 0 Å². The molecular weight excluding hydrogens is 321 g/mol. The first-order chi connectivity index (χ1) is 11.0. The highest BCUT2D eigenvalue weighted by molar-refractivity contribution is 6.39. The molecule has 0 aliphatic rings. The molecule has 2 aromatic carbocycles. The molecule has 0 atom stereocenters. The molecule has 0 aliphatic heterocycles. The van der Waals surface area contributed by atoms with E-state index in [4.69, 9.17) is 11.6 Å². The number of hydrazone groups is 1. The number of carbonyl (C=O) groups is 2. The van der Waals surface area contributed by atoms with E-state index >= 15 is 0 Å². The number of hydrogen-bond acceptors (Lipinski definition) is 3. The first-order valence-corrected chi connectivity index (χ1v) is 7.00. The average Bonchev–Trinajstić information content (AvgIpc) is 2.52. The lowest BCUT2D eigenvalue weighted by molar-refractivity contribution is -0.136. The van der Waals surface area contributed by atoms with Crippen LogP contribution < -0.4 is 10.7 Å². The van der Waals surface area contributed by atoms with Gasteiger partial charge in [-0.25, -0.2) is 9.82 Å². The SMILES string of the molecule is Cc1ccc(NC(=O)C(=O)N/N=C\c2c(F)cccc2Cl)cc1. The zero-order valence-corrected chi connectivity index (χ0v) is 12.9. The van der Waals surface area contributed by atoms with Crippen LogP contribution in [0.3, 0.4) is 0 Å². The molecule has 7 heteroatoms. The quantitative estimate of drug-likeness (QED) is 0.515. The molecule has 2 aromatic rings. The van der Waals surface area contributed by atoms with Crippen LogP contribution in [0.15, 0.2) is 47.6 Å². The van der Waals surface area contributed by atoms with Gasteiger partial charge in [-0.1, -0.05) is 35.4 Å². The van der Waals surface area contributed by atoms with Gasteiger partial charge in [0.2, 0.25) is 0 Å². The van der Waals surface area contributed by atoms with Crippen molar-refractivity contribution in [2.45, 2.75) is 6.92 Å². The standard InChI is InChI=1S/C16H13ClFN3O2/c1-10-5-7-11(8-6-10)20-15(22)16(23)21-19-9-12-13(17)3-2-4-14(12)18/h2-9H,1H3,(H,20,22)(H,21,23)/b19-9-. The van der Waals surface area contributed by atoms with Gasteiger partial charge in [-0.3, -0.25) is 9.59 Å². The highest BCUT2D eigenvalue weighted by atomic mass is 35.5. The Morgan fingerprint density at radius 3 is 2.48 bits per heavy atom. The maximum absolute atomic E-state index is 13.5. The number of amides is 2. The summed E-state index contributed by atoms with van der Waals surface area (Å²) < 4.78 is 13.5. The fourth-order valence-electron chi connectivity index (χ4n) is 1.67. The molecule has 2 N–H and O–H groups in total. The zero-order valence-electron chi connectivity index (χ0n) is 12.1. The van der Waals surface area contributed by atoms with E-state index in [1.165, 1.54) is 18.2 Å². The molecule has 0 spiro atoms. The summed E-state index contributed by atoms with van der Waals surface area (Å²) in [6, 6.07) is 11.1. The fraction of sp³-hybridized carbons (Fsp3) is 0.0625. The van der Waals surface area contributed by atoms with E-state index in [0.29, 0.717) is 5.69 Å². The molecule has 0 saturated carbocycles. The van der Waals surface area contributed by atoms with Crippen LogP contribution in [0.4, 0.5) is 10.1 Å². The van der Waals surface area contributed by atoms with Crippen molar-refractivity contribution in [3.05, 3.63) is 64.4 Å². The molecule has 0 saturated heterocycles. The summed E-state index contributed by atoms with van der Waals surface area (Å²) in [4.78, 5) is 23.3. The lowest BCUT2D eigenvalue weighted by Crippen LogP contribution is -2.32. The predicted octanol–water partition coefficient (Wildman–Crippen LogP) is 2.88. The molecule has 0 radical (unpaired) electrons. The Bertz CT molecular complexity index is 740. The Labute approximate surface area is 137 Å². The van der Waals surface area contributed by atoms with Gasteiger partial charge in [0.15, 0.2) is 0 Å². The first-order valence-electron chi connectivity index (χ1n) is 6.62.